The molecule has 0 unspecified atom stereocenters. The van der Waals surface area contributed by atoms with E-state index in [2.05, 4.69) is 95.9 Å². The van der Waals surface area contributed by atoms with Gasteiger partial charge in [0.2, 0.25) is 0 Å². The van der Waals surface area contributed by atoms with Crippen LogP contribution in [0.2, 0.25) is 0 Å². The Bertz CT molecular complexity index is 873. The fourth-order valence-corrected chi connectivity index (χ4v) is 9.75. The number of rotatable bonds is 6. The topological polar surface area (TPSA) is 20.3 Å². The molecule has 0 N–H and O–H groups in total. The van der Waals surface area contributed by atoms with Gasteiger partial charge in [0.25, 0.3) is 5.91 Å². The molecule has 0 bridgehead atoms. The van der Waals surface area contributed by atoms with Gasteiger partial charge in [-0.15, -0.1) is 0 Å². The minimum atomic E-state index is -2.11. The zero-order chi connectivity index (χ0) is 19.7. The molecule has 1 aliphatic heterocycles. The quantitative estimate of drug-likeness (QED) is 0.573. The van der Waals surface area contributed by atoms with E-state index in [1.165, 1.54) is 28.8 Å². The molecule has 3 aromatic rings. The number of carbonyl (C=O) groups excluding carboxylic acids is 1. The second-order valence-electron chi connectivity index (χ2n) is 8.26. The molecule has 2 aliphatic rings. The minimum absolute atomic E-state index is 0.0217. The molecule has 146 valence electrons. The molecule has 2 fully saturated rings. The molecule has 3 heteroatoms. The van der Waals surface area contributed by atoms with Gasteiger partial charge in [-0.2, -0.15) is 0 Å². The zero-order valence-corrected chi connectivity index (χ0v) is 17.5. The molecule has 1 aliphatic carbocycles. The first kappa shape index (κ1) is 18.6. The Hall–Kier alpha value is -2.44. The maximum atomic E-state index is 13.8. The van der Waals surface area contributed by atoms with E-state index in [9.17, 15) is 4.79 Å². The predicted molar refractivity (Wildman–Crippen MR) is 123 cm³/mol. The molecule has 3 aromatic carbocycles. The summed E-state index contributed by atoms with van der Waals surface area (Å²) in [6.45, 7) is 1.85. The van der Waals surface area contributed by atoms with E-state index in [0.29, 0.717) is 5.91 Å². The SMILES string of the molecule is O=C1[C@@H]([P+](c2ccccc2)(c2ccccc2)c2ccccc2)CCN1CC1CC1. The second-order valence-corrected chi connectivity index (χ2v) is 11.9. The van der Waals surface area contributed by atoms with Gasteiger partial charge in [-0.05, 0) is 55.2 Å². The van der Waals surface area contributed by atoms with Crippen molar-refractivity contribution in [2.75, 3.05) is 13.1 Å². The number of likely N-dealkylation sites (tertiary alicyclic amines) is 1. The first-order chi connectivity index (χ1) is 14.3. The van der Waals surface area contributed by atoms with Crippen molar-refractivity contribution in [1.82, 2.24) is 4.90 Å². The van der Waals surface area contributed by atoms with Gasteiger partial charge in [-0.3, -0.25) is 4.79 Å². The lowest BCUT2D eigenvalue weighted by atomic mass is 10.3. The van der Waals surface area contributed by atoms with Gasteiger partial charge in [0, 0.05) is 19.5 Å². The third kappa shape index (κ3) is 3.30. The van der Waals surface area contributed by atoms with Crippen LogP contribution in [0.25, 0.3) is 0 Å². The van der Waals surface area contributed by atoms with Crippen LogP contribution in [0.3, 0.4) is 0 Å². The molecule has 1 atom stereocenters. The molecule has 2 nitrogen and oxygen atoms in total. The second kappa shape index (κ2) is 7.76. The Morgan fingerprint density at radius 2 is 1.14 bits per heavy atom. The molecular formula is C26H27NOP+. The molecule has 1 saturated carbocycles. The van der Waals surface area contributed by atoms with Gasteiger partial charge in [0.05, 0.1) is 0 Å². The average molecular weight is 400 g/mol. The Morgan fingerprint density at radius 1 is 0.690 bits per heavy atom. The fourth-order valence-electron chi connectivity index (χ4n) is 4.85. The summed E-state index contributed by atoms with van der Waals surface area (Å²) in [4.78, 5) is 15.9. The Kier molecular flexibility index (Phi) is 4.97. The molecule has 0 spiro atoms. The molecular weight excluding hydrogens is 373 g/mol. The molecule has 1 amide bonds. The Labute approximate surface area is 173 Å². The summed E-state index contributed by atoms with van der Waals surface area (Å²) in [5, 5.41) is 3.93. The van der Waals surface area contributed by atoms with E-state index in [1.807, 2.05) is 0 Å². The standard InChI is InChI=1S/C26H27NOP/c28-26-25(18-19-27(26)20-21-16-17-21)29(22-10-4-1-5-11-22,23-12-6-2-7-13-23)24-14-8-3-9-15-24/h1-15,21,25H,16-20H2/q+1/t25-/m0/s1. The maximum Gasteiger partial charge on any atom is 0.264 e. The smallest absolute Gasteiger partial charge is 0.264 e. The zero-order valence-electron chi connectivity index (χ0n) is 16.7. The maximum absolute atomic E-state index is 13.8. The van der Waals surface area contributed by atoms with Crippen molar-refractivity contribution in [2.24, 2.45) is 5.92 Å². The van der Waals surface area contributed by atoms with Crippen molar-refractivity contribution >= 4 is 29.1 Å². The van der Waals surface area contributed by atoms with Crippen LogP contribution in [-0.2, 0) is 4.79 Å². The van der Waals surface area contributed by atoms with Crippen LogP contribution in [-0.4, -0.2) is 29.6 Å². The van der Waals surface area contributed by atoms with Crippen LogP contribution in [0.5, 0.6) is 0 Å². The van der Waals surface area contributed by atoms with Crippen LogP contribution in [0.1, 0.15) is 19.3 Å². The molecule has 29 heavy (non-hydrogen) atoms. The molecule has 1 saturated heterocycles. The van der Waals surface area contributed by atoms with Gasteiger partial charge in [-0.25, -0.2) is 0 Å². The summed E-state index contributed by atoms with van der Waals surface area (Å²) < 4.78 is 0. The van der Waals surface area contributed by atoms with Crippen LogP contribution < -0.4 is 15.9 Å². The highest BCUT2D eigenvalue weighted by atomic mass is 31.2. The monoisotopic (exact) mass is 400 g/mol. The van der Waals surface area contributed by atoms with Gasteiger partial charge in [-0.1, -0.05) is 54.6 Å². The van der Waals surface area contributed by atoms with E-state index in [0.717, 1.165) is 25.4 Å². The third-order valence-corrected chi connectivity index (χ3v) is 11.2. The van der Waals surface area contributed by atoms with Gasteiger partial charge >= 0.3 is 0 Å². The summed E-state index contributed by atoms with van der Waals surface area (Å²) in [7, 11) is -2.11. The lowest BCUT2D eigenvalue weighted by Gasteiger charge is -2.32. The lowest BCUT2D eigenvalue weighted by molar-refractivity contribution is -0.127. The van der Waals surface area contributed by atoms with Crippen LogP contribution in [0.15, 0.2) is 91.0 Å². The van der Waals surface area contributed by atoms with Crippen molar-refractivity contribution in [3.05, 3.63) is 91.0 Å². The van der Waals surface area contributed by atoms with Crippen molar-refractivity contribution in [3.63, 3.8) is 0 Å². The largest absolute Gasteiger partial charge is 0.339 e. The summed E-state index contributed by atoms with van der Waals surface area (Å²) >= 11 is 0. The van der Waals surface area contributed by atoms with Gasteiger partial charge in [0.1, 0.15) is 23.2 Å². The number of nitrogens with zero attached hydrogens (tertiary/aromatic N) is 1. The first-order valence-corrected chi connectivity index (χ1v) is 12.5. The van der Waals surface area contributed by atoms with Crippen LogP contribution in [0.4, 0.5) is 0 Å². The summed E-state index contributed by atoms with van der Waals surface area (Å²) in [5.74, 6) is 1.09. The predicted octanol–water partition coefficient (Wildman–Crippen LogP) is 3.99. The minimum Gasteiger partial charge on any atom is -0.339 e. The van der Waals surface area contributed by atoms with E-state index in [1.54, 1.807) is 0 Å². The van der Waals surface area contributed by atoms with Crippen LogP contribution in [0, 0.1) is 5.92 Å². The summed E-state index contributed by atoms with van der Waals surface area (Å²) in [5.41, 5.74) is 0.0217. The normalized spacial score (nSPS) is 19.5. The van der Waals surface area contributed by atoms with Crippen molar-refractivity contribution in [3.8, 4) is 0 Å². The molecule has 5 rings (SSSR count). The lowest BCUT2D eigenvalue weighted by Crippen LogP contribution is -2.43. The number of hydrogen-bond donors (Lipinski definition) is 0. The highest BCUT2D eigenvalue weighted by Gasteiger charge is 2.58. The molecule has 0 radical (unpaired) electrons. The number of hydrogen-bond acceptors (Lipinski definition) is 1. The number of amides is 1. The summed E-state index contributed by atoms with van der Waals surface area (Å²) in [6, 6.07) is 32.4. The van der Waals surface area contributed by atoms with E-state index in [-0.39, 0.29) is 5.66 Å². The van der Waals surface area contributed by atoms with Gasteiger partial charge in [0.15, 0.2) is 5.66 Å². The molecule has 0 aromatic heterocycles. The van der Waals surface area contributed by atoms with Crippen LogP contribution >= 0.6 is 7.26 Å². The van der Waals surface area contributed by atoms with Gasteiger partial charge < -0.3 is 4.90 Å². The summed E-state index contributed by atoms with van der Waals surface area (Å²) in [6.07, 6.45) is 3.51. The Morgan fingerprint density at radius 3 is 1.55 bits per heavy atom. The Balaban J connectivity index is 1.71. The highest BCUT2D eigenvalue weighted by molar-refractivity contribution is 7.96. The average Bonchev–Trinajstić information content (AvgIpc) is 3.54. The third-order valence-electron chi connectivity index (χ3n) is 6.40. The van der Waals surface area contributed by atoms with E-state index < -0.39 is 7.26 Å². The van der Waals surface area contributed by atoms with E-state index in [4.69, 9.17) is 0 Å². The number of benzene rings is 3. The van der Waals surface area contributed by atoms with E-state index >= 15 is 0 Å². The first-order valence-electron chi connectivity index (χ1n) is 10.6. The highest BCUT2D eigenvalue weighted by Crippen LogP contribution is 2.62. The fraction of sp³-hybridized carbons (Fsp3) is 0.269. The van der Waals surface area contributed by atoms with Crippen molar-refractivity contribution in [2.45, 2.75) is 24.9 Å². The molecule has 1 heterocycles. The van der Waals surface area contributed by atoms with Crippen molar-refractivity contribution in [1.29, 1.82) is 0 Å². The van der Waals surface area contributed by atoms with Crippen molar-refractivity contribution < 1.29 is 4.79 Å². The number of carbonyl (C=O) groups is 1.